The molecule has 0 saturated carbocycles. The molecule has 0 unspecified atom stereocenters. The summed E-state index contributed by atoms with van der Waals surface area (Å²) in [5.41, 5.74) is 10.5. The molecular weight excluding hydrogens is 279 g/mol. The average Bonchev–Trinajstić information content (AvgIpc) is 1.97. The number of rotatable bonds is 1. The number of hydrogen-bond acceptors (Lipinski definition) is 3. The van der Waals surface area contributed by atoms with Crippen LogP contribution in [0.2, 0.25) is 0 Å². The van der Waals surface area contributed by atoms with E-state index >= 15 is 0 Å². The van der Waals surface area contributed by atoms with Crippen LogP contribution in [0.3, 0.4) is 0 Å². The quantitative estimate of drug-likeness (QED) is 0.773. The lowest BCUT2D eigenvalue weighted by molar-refractivity contribution is 0.151. The van der Waals surface area contributed by atoms with E-state index in [1.807, 2.05) is 0 Å². The summed E-state index contributed by atoms with van der Waals surface area (Å²) in [5.74, 6) is -0.163. The maximum Gasteiger partial charge on any atom is 0.268 e. The van der Waals surface area contributed by atoms with Gasteiger partial charge in [0.25, 0.3) is 6.43 Å². The number of anilines is 2. The largest absolute Gasteiger partial charge is 0.397 e. The first-order valence-corrected chi connectivity index (χ1v) is 4.09. The molecule has 3 nitrogen and oxygen atoms in total. The predicted octanol–water partition coefficient (Wildman–Crippen LogP) is 1.79. The molecule has 0 saturated heterocycles. The van der Waals surface area contributed by atoms with Gasteiger partial charge in [0, 0.05) is 0 Å². The second-order valence-electron chi connectivity index (χ2n) is 2.13. The van der Waals surface area contributed by atoms with E-state index in [9.17, 15) is 8.78 Å². The third kappa shape index (κ3) is 1.57. The minimum Gasteiger partial charge on any atom is -0.397 e. The molecule has 6 heteroatoms. The Labute approximate surface area is 81.3 Å². The topological polar surface area (TPSA) is 64.9 Å². The zero-order valence-corrected chi connectivity index (χ0v) is 8.05. The smallest absolute Gasteiger partial charge is 0.268 e. The van der Waals surface area contributed by atoms with Crippen molar-refractivity contribution in [1.82, 2.24) is 4.98 Å². The number of alkyl halides is 2. The van der Waals surface area contributed by atoms with E-state index in [1.165, 1.54) is 6.20 Å². The molecule has 0 aromatic carbocycles. The molecule has 0 spiro atoms. The molecule has 0 aliphatic rings. The van der Waals surface area contributed by atoms with Gasteiger partial charge in [-0.2, -0.15) is 0 Å². The SMILES string of the molecule is Nc1cnc(N)c(C(F)F)c1I. The highest BCUT2D eigenvalue weighted by Crippen LogP contribution is 2.31. The number of nitrogen functional groups attached to an aromatic ring is 2. The summed E-state index contributed by atoms with van der Waals surface area (Å²) in [6.45, 7) is 0. The van der Waals surface area contributed by atoms with Gasteiger partial charge in [0.1, 0.15) is 5.82 Å². The van der Waals surface area contributed by atoms with Gasteiger partial charge in [-0.25, -0.2) is 13.8 Å². The number of halogens is 3. The van der Waals surface area contributed by atoms with Crippen LogP contribution >= 0.6 is 22.6 Å². The van der Waals surface area contributed by atoms with E-state index in [2.05, 4.69) is 4.98 Å². The van der Waals surface area contributed by atoms with Gasteiger partial charge in [-0.1, -0.05) is 0 Å². The zero-order valence-electron chi connectivity index (χ0n) is 5.89. The molecule has 66 valence electrons. The van der Waals surface area contributed by atoms with Crippen molar-refractivity contribution >= 4 is 34.1 Å². The minimum atomic E-state index is -2.63. The van der Waals surface area contributed by atoms with Crippen molar-refractivity contribution in [1.29, 1.82) is 0 Å². The molecule has 4 N–H and O–H groups in total. The molecule has 0 amide bonds. The molecule has 0 atom stereocenters. The maximum absolute atomic E-state index is 12.3. The molecule has 1 heterocycles. The van der Waals surface area contributed by atoms with Crippen LogP contribution in [0.4, 0.5) is 20.3 Å². The highest BCUT2D eigenvalue weighted by molar-refractivity contribution is 14.1. The maximum atomic E-state index is 12.3. The molecule has 1 rings (SSSR count). The van der Waals surface area contributed by atoms with Crippen LogP contribution < -0.4 is 11.5 Å². The summed E-state index contributed by atoms with van der Waals surface area (Å²) in [5, 5.41) is 0. The van der Waals surface area contributed by atoms with Gasteiger partial charge in [0.15, 0.2) is 0 Å². The molecule has 1 aromatic heterocycles. The Morgan fingerprint density at radius 1 is 1.42 bits per heavy atom. The van der Waals surface area contributed by atoms with Crippen LogP contribution in [0.1, 0.15) is 12.0 Å². The monoisotopic (exact) mass is 285 g/mol. The zero-order chi connectivity index (χ0) is 9.30. The molecule has 0 bridgehead atoms. The Balaban J connectivity index is 3.33. The van der Waals surface area contributed by atoms with Gasteiger partial charge in [-0.05, 0) is 22.6 Å². The Kier molecular flexibility index (Phi) is 2.65. The van der Waals surface area contributed by atoms with Gasteiger partial charge < -0.3 is 11.5 Å². The fourth-order valence-electron chi connectivity index (χ4n) is 0.741. The van der Waals surface area contributed by atoms with Crippen molar-refractivity contribution < 1.29 is 8.78 Å². The van der Waals surface area contributed by atoms with Crippen LogP contribution in [0.5, 0.6) is 0 Å². The summed E-state index contributed by atoms with van der Waals surface area (Å²) >= 11 is 1.72. The van der Waals surface area contributed by atoms with Crippen molar-refractivity contribution in [2.75, 3.05) is 11.5 Å². The third-order valence-corrected chi connectivity index (χ3v) is 2.53. The molecule has 0 aliphatic heterocycles. The number of hydrogen-bond donors (Lipinski definition) is 2. The Hall–Kier alpha value is -0.660. The van der Waals surface area contributed by atoms with Crippen LogP contribution in [0.25, 0.3) is 0 Å². The Bertz CT molecular complexity index is 303. The summed E-state index contributed by atoms with van der Waals surface area (Å²) in [6, 6.07) is 0. The van der Waals surface area contributed by atoms with Gasteiger partial charge in [0.05, 0.1) is 21.0 Å². The number of nitrogens with two attached hydrogens (primary N) is 2. The second-order valence-corrected chi connectivity index (χ2v) is 3.21. The highest BCUT2D eigenvalue weighted by atomic mass is 127. The van der Waals surface area contributed by atoms with Crippen molar-refractivity contribution in [2.45, 2.75) is 6.43 Å². The fourth-order valence-corrected chi connectivity index (χ4v) is 1.39. The Morgan fingerprint density at radius 2 is 2.00 bits per heavy atom. The first-order valence-electron chi connectivity index (χ1n) is 3.01. The summed E-state index contributed by atoms with van der Waals surface area (Å²) in [4.78, 5) is 3.53. The Morgan fingerprint density at radius 3 is 2.42 bits per heavy atom. The van der Waals surface area contributed by atoms with E-state index in [0.717, 1.165) is 0 Å². The third-order valence-electron chi connectivity index (χ3n) is 1.33. The lowest BCUT2D eigenvalue weighted by atomic mass is 10.2. The van der Waals surface area contributed by atoms with Crippen molar-refractivity contribution in [3.8, 4) is 0 Å². The van der Waals surface area contributed by atoms with Crippen LogP contribution in [0.15, 0.2) is 6.20 Å². The van der Waals surface area contributed by atoms with Crippen molar-refractivity contribution in [3.05, 3.63) is 15.3 Å². The highest BCUT2D eigenvalue weighted by Gasteiger charge is 2.17. The van der Waals surface area contributed by atoms with E-state index in [1.54, 1.807) is 22.6 Å². The lowest BCUT2D eigenvalue weighted by Gasteiger charge is -2.07. The van der Waals surface area contributed by atoms with E-state index < -0.39 is 6.43 Å². The van der Waals surface area contributed by atoms with Crippen molar-refractivity contribution in [3.63, 3.8) is 0 Å². The molecule has 12 heavy (non-hydrogen) atoms. The summed E-state index contributed by atoms with van der Waals surface area (Å²) in [6.07, 6.45) is -1.36. The van der Waals surface area contributed by atoms with Crippen LogP contribution in [-0.2, 0) is 0 Å². The van der Waals surface area contributed by atoms with Crippen LogP contribution in [-0.4, -0.2) is 4.98 Å². The molecule has 0 fully saturated rings. The predicted molar refractivity (Wildman–Crippen MR) is 50.7 cm³/mol. The van der Waals surface area contributed by atoms with Gasteiger partial charge in [0.2, 0.25) is 0 Å². The lowest BCUT2D eigenvalue weighted by Crippen LogP contribution is -2.04. The standard InChI is InChI=1S/C6H6F2IN3/c7-5(8)3-4(9)2(10)1-12-6(3)11/h1,5H,10H2,(H2,11,12). The minimum absolute atomic E-state index is 0.163. The summed E-state index contributed by atoms with van der Waals surface area (Å²) in [7, 11) is 0. The second kappa shape index (κ2) is 3.38. The van der Waals surface area contributed by atoms with Crippen LogP contribution in [0, 0.1) is 3.57 Å². The van der Waals surface area contributed by atoms with E-state index in [0.29, 0.717) is 0 Å². The summed E-state index contributed by atoms with van der Waals surface area (Å²) < 4.78 is 24.8. The van der Waals surface area contributed by atoms with Gasteiger partial charge in [-0.3, -0.25) is 0 Å². The average molecular weight is 285 g/mol. The molecule has 1 aromatic rings. The molecule has 0 aliphatic carbocycles. The molecular formula is C6H6F2IN3. The number of pyridine rings is 1. The normalized spacial score (nSPS) is 10.7. The first-order chi connectivity index (χ1) is 5.54. The van der Waals surface area contributed by atoms with Crippen molar-refractivity contribution in [2.24, 2.45) is 0 Å². The van der Waals surface area contributed by atoms with E-state index in [4.69, 9.17) is 11.5 Å². The number of aromatic nitrogens is 1. The van der Waals surface area contributed by atoms with Gasteiger partial charge in [-0.15, -0.1) is 0 Å². The van der Waals surface area contributed by atoms with Gasteiger partial charge >= 0.3 is 0 Å². The molecule has 0 radical (unpaired) electrons. The number of nitrogens with zero attached hydrogens (tertiary/aromatic N) is 1. The fraction of sp³-hybridized carbons (Fsp3) is 0.167. The van der Waals surface area contributed by atoms with E-state index in [-0.39, 0.29) is 20.6 Å². The first kappa shape index (κ1) is 9.43.